The lowest BCUT2D eigenvalue weighted by molar-refractivity contribution is -0.309. The topological polar surface area (TPSA) is 78.5 Å². The van der Waals surface area contributed by atoms with Crippen molar-refractivity contribution in [1.82, 2.24) is 5.32 Å². The molecule has 0 unspecified atom stereocenters. The molecule has 0 aliphatic carbocycles. The molecule has 0 spiro atoms. The van der Waals surface area contributed by atoms with E-state index < -0.39 is 17.9 Å². The van der Waals surface area contributed by atoms with Crippen molar-refractivity contribution in [3.8, 4) is 5.75 Å². The standard InChI is InChI=1S/C19H29NO4/c1-7-13-8-9-15(14(10-13)19(4,5)6)24-11-16(21)20-17(12(2)3)18(22)23/h8-10,12,17H,7,11H2,1-6H3,(H,20,21)(H,22,23)/p-1/t17-/m1/s1. The predicted molar refractivity (Wildman–Crippen MR) is 91.8 cm³/mol. The number of carbonyl (C=O) groups excluding carboxylic acids is 2. The van der Waals surface area contributed by atoms with Crippen LogP contribution in [-0.2, 0) is 21.4 Å². The highest BCUT2D eigenvalue weighted by molar-refractivity contribution is 5.83. The predicted octanol–water partition coefficient (Wildman–Crippen LogP) is 1.82. The van der Waals surface area contributed by atoms with Crippen LogP contribution in [0.2, 0.25) is 0 Å². The molecule has 0 saturated heterocycles. The second-order valence-electron chi connectivity index (χ2n) is 7.33. The van der Waals surface area contributed by atoms with Gasteiger partial charge in [-0.2, -0.15) is 0 Å². The van der Waals surface area contributed by atoms with Gasteiger partial charge in [-0.1, -0.05) is 53.7 Å². The number of carbonyl (C=O) groups is 2. The largest absolute Gasteiger partial charge is 0.548 e. The zero-order valence-corrected chi connectivity index (χ0v) is 15.4. The average Bonchev–Trinajstić information content (AvgIpc) is 2.48. The van der Waals surface area contributed by atoms with Crippen LogP contribution < -0.4 is 15.2 Å². The zero-order chi connectivity index (χ0) is 18.5. The minimum atomic E-state index is -1.29. The molecule has 0 aliphatic heterocycles. The van der Waals surface area contributed by atoms with Crippen molar-refractivity contribution in [2.75, 3.05) is 6.61 Å². The molecule has 134 valence electrons. The smallest absolute Gasteiger partial charge is 0.258 e. The van der Waals surface area contributed by atoms with E-state index in [4.69, 9.17) is 4.74 Å². The zero-order valence-electron chi connectivity index (χ0n) is 15.4. The molecule has 1 atom stereocenters. The second kappa shape index (κ2) is 8.18. The first-order valence-electron chi connectivity index (χ1n) is 8.32. The third-order valence-corrected chi connectivity index (χ3v) is 3.86. The number of ether oxygens (including phenoxy) is 1. The highest BCUT2D eigenvalue weighted by atomic mass is 16.5. The molecule has 1 aromatic carbocycles. The van der Waals surface area contributed by atoms with Gasteiger partial charge in [0.15, 0.2) is 6.61 Å². The fourth-order valence-corrected chi connectivity index (χ4v) is 2.37. The first-order chi connectivity index (χ1) is 11.1. The summed E-state index contributed by atoms with van der Waals surface area (Å²) >= 11 is 0. The minimum absolute atomic E-state index is 0.123. The molecule has 1 aromatic rings. The van der Waals surface area contributed by atoms with Gasteiger partial charge >= 0.3 is 0 Å². The lowest BCUT2D eigenvalue weighted by atomic mass is 9.85. The van der Waals surface area contributed by atoms with Gasteiger partial charge in [0, 0.05) is 0 Å². The number of carboxylic acids is 1. The molecule has 0 radical (unpaired) electrons. The van der Waals surface area contributed by atoms with Crippen LogP contribution in [0.1, 0.15) is 52.7 Å². The van der Waals surface area contributed by atoms with E-state index in [-0.39, 0.29) is 17.9 Å². The summed E-state index contributed by atoms with van der Waals surface area (Å²) < 4.78 is 5.66. The van der Waals surface area contributed by atoms with Gasteiger partial charge in [-0.15, -0.1) is 0 Å². The molecular formula is C19H28NO4-. The third kappa shape index (κ3) is 5.55. The maximum Gasteiger partial charge on any atom is 0.258 e. The van der Waals surface area contributed by atoms with E-state index in [1.807, 2.05) is 12.1 Å². The molecule has 0 heterocycles. The molecule has 1 N–H and O–H groups in total. The Morgan fingerprint density at radius 2 is 1.88 bits per heavy atom. The van der Waals surface area contributed by atoms with Crippen molar-refractivity contribution in [3.63, 3.8) is 0 Å². The lowest BCUT2D eigenvalue weighted by Crippen LogP contribution is -2.51. The number of benzene rings is 1. The Morgan fingerprint density at radius 1 is 1.25 bits per heavy atom. The quantitative estimate of drug-likeness (QED) is 0.825. The van der Waals surface area contributed by atoms with Crippen LogP contribution in [0, 0.1) is 5.92 Å². The number of aryl methyl sites for hydroxylation is 1. The number of rotatable bonds is 7. The van der Waals surface area contributed by atoms with Crippen molar-refractivity contribution in [2.45, 2.75) is 59.4 Å². The van der Waals surface area contributed by atoms with E-state index >= 15 is 0 Å². The van der Waals surface area contributed by atoms with Crippen molar-refractivity contribution >= 4 is 11.9 Å². The van der Waals surface area contributed by atoms with Crippen LogP contribution >= 0.6 is 0 Å². The summed E-state index contributed by atoms with van der Waals surface area (Å²) in [5.41, 5.74) is 2.10. The maximum atomic E-state index is 12.0. The number of carboxylic acid groups (broad SMARTS) is 1. The summed E-state index contributed by atoms with van der Waals surface area (Å²) in [5.74, 6) is -1.38. The Bertz CT molecular complexity index is 588. The van der Waals surface area contributed by atoms with E-state index in [1.54, 1.807) is 13.8 Å². The van der Waals surface area contributed by atoms with Crippen LogP contribution in [0.25, 0.3) is 0 Å². The van der Waals surface area contributed by atoms with Gasteiger partial charge in [-0.25, -0.2) is 0 Å². The summed E-state index contributed by atoms with van der Waals surface area (Å²) in [5, 5.41) is 13.5. The molecule has 1 amide bonds. The SMILES string of the molecule is CCc1ccc(OCC(=O)N[C@@H](C(=O)[O-])C(C)C)c(C(C)(C)C)c1. The number of hydrogen-bond donors (Lipinski definition) is 1. The fourth-order valence-electron chi connectivity index (χ4n) is 2.37. The molecule has 1 rings (SSSR count). The Balaban J connectivity index is 2.83. The highest BCUT2D eigenvalue weighted by Crippen LogP contribution is 2.32. The molecule has 0 aromatic heterocycles. The summed E-state index contributed by atoms with van der Waals surface area (Å²) in [6.07, 6.45) is 0.922. The Hall–Kier alpha value is -2.04. The third-order valence-electron chi connectivity index (χ3n) is 3.86. The normalized spacial score (nSPS) is 12.8. The monoisotopic (exact) mass is 334 g/mol. The van der Waals surface area contributed by atoms with Crippen molar-refractivity contribution in [3.05, 3.63) is 29.3 Å². The average molecular weight is 334 g/mol. The number of nitrogens with one attached hydrogen (secondary N) is 1. The maximum absolute atomic E-state index is 12.0. The molecule has 5 nitrogen and oxygen atoms in total. The Labute approximate surface area is 144 Å². The van der Waals surface area contributed by atoms with Gasteiger partial charge < -0.3 is 20.0 Å². The first kappa shape index (κ1) is 20.0. The fraction of sp³-hybridized carbons (Fsp3) is 0.579. The van der Waals surface area contributed by atoms with Gasteiger partial charge in [-0.05, 0) is 34.9 Å². The van der Waals surface area contributed by atoms with Gasteiger partial charge in [0.25, 0.3) is 5.91 Å². The van der Waals surface area contributed by atoms with E-state index in [9.17, 15) is 14.7 Å². The van der Waals surface area contributed by atoms with Crippen LogP contribution in [0.5, 0.6) is 5.75 Å². The van der Waals surface area contributed by atoms with Gasteiger partial charge in [0.05, 0.1) is 12.0 Å². The second-order valence-corrected chi connectivity index (χ2v) is 7.33. The molecule has 0 bridgehead atoms. The summed E-state index contributed by atoms with van der Waals surface area (Å²) in [7, 11) is 0. The van der Waals surface area contributed by atoms with E-state index in [0.717, 1.165) is 12.0 Å². The summed E-state index contributed by atoms with van der Waals surface area (Å²) in [6.45, 7) is 11.5. The van der Waals surface area contributed by atoms with Crippen LogP contribution in [0.4, 0.5) is 0 Å². The molecule has 5 heteroatoms. The number of hydrogen-bond acceptors (Lipinski definition) is 4. The van der Waals surface area contributed by atoms with E-state index in [2.05, 4.69) is 39.1 Å². The van der Waals surface area contributed by atoms with Crippen LogP contribution in [0.3, 0.4) is 0 Å². The molecule has 24 heavy (non-hydrogen) atoms. The Kier molecular flexibility index (Phi) is 6.81. The van der Waals surface area contributed by atoms with Gasteiger partial charge in [0.1, 0.15) is 5.75 Å². The molecule has 0 aliphatic rings. The van der Waals surface area contributed by atoms with E-state index in [0.29, 0.717) is 5.75 Å². The first-order valence-corrected chi connectivity index (χ1v) is 8.32. The summed E-state index contributed by atoms with van der Waals surface area (Å²) in [6, 6.07) is 4.91. The lowest BCUT2D eigenvalue weighted by Gasteiger charge is -2.25. The van der Waals surface area contributed by atoms with Crippen LogP contribution in [-0.4, -0.2) is 24.5 Å². The Morgan fingerprint density at radius 3 is 2.33 bits per heavy atom. The van der Waals surface area contributed by atoms with Gasteiger partial charge in [-0.3, -0.25) is 4.79 Å². The minimum Gasteiger partial charge on any atom is -0.548 e. The summed E-state index contributed by atoms with van der Waals surface area (Å²) in [4.78, 5) is 23.0. The van der Waals surface area contributed by atoms with Crippen molar-refractivity contribution in [1.29, 1.82) is 0 Å². The van der Waals surface area contributed by atoms with Gasteiger partial charge in [0.2, 0.25) is 0 Å². The van der Waals surface area contributed by atoms with Crippen LogP contribution in [0.15, 0.2) is 18.2 Å². The molecule has 0 saturated carbocycles. The van der Waals surface area contributed by atoms with Crippen molar-refractivity contribution < 1.29 is 19.4 Å². The molecule has 0 fully saturated rings. The van der Waals surface area contributed by atoms with Crippen molar-refractivity contribution in [2.24, 2.45) is 5.92 Å². The number of aliphatic carboxylic acids is 1. The van der Waals surface area contributed by atoms with E-state index in [1.165, 1.54) is 5.56 Å². The number of amides is 1. The highest BCUT2D eigenvalue weighted by Gasteiger charge is 2.21. The molecular weight excluding hydrogens is 306 g/mol.